The number of rotatable bonds is 9. The first kappa shape index (κ1) is 21.0. The van der Waals surface area contributed by atoms with E-state index in [1.54, 1.807) is 0 Å². The summed E-state index contributed by atoms with van der Waals surface area (Å²) in [6.45, 7) is 9.12. The fourth-order valence-corrected chi connectivity index (χ4v) is 2.13. The average Bonchev–Trinajstić information content (AvgIpc) is 2.59. The van der Waals surface area contributed by atoms with Crippen molar-refractivity contribution in [1.29, 1.82) is 0 Å². The molecule has 1 aromatic rings. The van der Waals surface area contributed by atoms with Crippen LogP contribution >= 0.6 is 0 Å². The Kier molecular flexibility index (Phi) is 9.62. The van der Waals surface area contributed by atoms with Crippen molar-refractivity contribution in [1.82, 2.24) is 20.9 Å². The maximum atomic E-state index is 12.2. The molecule has 0 aliphatic carbocycles. The van der Waals surface area contributed by atoms with Crippen LogP contribution in [0.2, 0.25) is 0 Å². The molecule has 6 heteroatoms. The van der Waals surface area contributed by atoms with Crippen molar-refractivity contribution in [2.24, 2.45) is 4.99 Å². The highest BCUT2D eigenvalue weighted by atomic mass is 16.1. The Bertz CT molecular complexity index is 557. The van der Waals surface area contributed by atoms with Crippen LogP contribution in [0.1, 0.15) is 43.1 Å². The van der Waals surface area contributed by atoms with E-state index < -0.39 is 0 Å². The van der Waals surface area contributed by atoms with E-state index in [0.29, 0.717) is 24.7 Å². The molecular weight excluding hydrogens is 314 g/mol. The third-order valence-electron chi connectivity index (χ3n) is 3.79. The first-order chi connectivity index (χ1) is 12.0. The van der Waals surface area contributed by atoms with Gasteiger partial charge in [-0.2, -0.15) is 0 Å². The molecule has 1 rings (SSSR count). The fraction of sp³-hybridized carbons (Fsp3) is 0.579. The number of carbonyl (C=O) groups excluding carboxylic acids is 1. The van der Waals surface area contributed by atoms with Gasteiger partial charge in [-0.05, 0) is 52.1 Å². The van der Waals surface area contributed by atoms with Gasteiger partial charge < -0.3 is 20.9 Å². The molecule has 0 radical (unpaired) electrons. The summed E-state index contributed by atoms with van der Waals surface area (Å²) in [4.78, 5) is 18.9. The van der Waals surface area contributed by atoms with Gasteiger partial charge in [-0.3, -0.25) is 4.79 Å². The van der Waals surface area contributed by atoms with E-state index in [1.165, 1.54) is 0 Å². The Labute approximate surface area is 152 Å². The molecule has 0 saturated heterocycles. The smallest absolute Gasteiger partial charge is 0.251 e. The SMILES string of the molecule is CCNC(=NCc1cccc(C(=O)NCCN(C)C)c1)NC(C)CC. The Balaban J connectivity index is 2.69. The molecule has 0 aliphatic rings. The molecule has 25 heavy (non-hydrogen) atoms. The highest BCUT2D eigenvalue weighted by Crippen LogP contribution is 2.07. The van der Waals surface area contributed by atoms with Crippen molar-refractivity contribution in [3.05, 3.63) is 35.4 Å². The van der Waals surface area contributed by atoms with E-state index in [4.69, 9.17) is 0 Å². The maximum absolute atomic E-state index is 12.2. The normalized spacial score (nSPS) is 12.8. The van der Waals surface area contributed by atoms with Crippen LogP contribution in [0.3, 0.4) is 0 Å². The van der Waals surface area contributed by atoms with Gasteiger partial charge in [0.05, 0.1) is 6.54 Å². The summed E-state index contributed by atoms with van der Waals surface area (Å²) in [6.07, 6.45) is 1.03. The van der Waals surface area contributed by atoms with Gasteiger partial charge in [-0.25, -0.2) is 4.99 Å². The second-order valence-electron chi connectivity index (χ2n) is 6.41. The van der Waals surface area contributed by atoms with Crippen LogP contribution in [0.15, 0.2) is 29.3 Å². The van der Waals surface area contributed by atoms with Gasteiger partial charge in [-0.1, -0.05) is 19.1 Å². The lowest BCUT2D eigenvalue weighted by Crippen LogP contribution is -2.41. The lowest BCUT2D eigenvalue weighted by Gasteiger charge is -2.16. The van der Waals surface area contributed by atoms with Crippen LogP contribution in [-0.2, 0) is 6.54 Å². The molecule has 1 aromatic carbocycles. The molecule has 0 saturated carbocycles. The molecular formula is C19H33N5O. The van der Waals surface area contributed by atoms with Gasteiger partial charge in [0, 0.05) is 31.2 Å². The number of nitrogens with zero attached hydrogens (tertiary/aromatic N) is 2. The number of benzene rings is 1. The number of guanidine groups is 1. The number of carbonyl (C=O) groups is 1. The van der Waals surface area contributed by atoms with Gasteiger partial charge in [0.15, 0.2) is 5.96 Å². The van der Waals surface area contributed by atoms with Crippen molar-refractivity contribution in [2.75, 3.05) is 33.7 Å². The summed E-state index contributed by atoms with van der Waals surface area (Å²) >= 11 is 0. The molecule has 0 fully saturated rings. The minimum absolute atomic E-state index is 0.0442. The molecule has 1 amide bonds. The highest BCUT2D eigenvalue weighted by Gasteiger charge is 2.07. The predicted octanol–water partition coefficient (Wildman–Crippen LogP) is 1.83. The van der Waals surface area contributed by atoms with Crippen LogP contribution in [0, 0.1) is 0 Å². The lowest BCUT2D eigenvalue weighted by atomic mass is 10.1. The number of likely N-dealkylation sites (N-methyl/N-ethyl adjacent to an activating group) is 1. The zero-order valence-electron chi connectivity index (χ0n) is 16.2. The molecule has 1 unspecified atom stereocenters. The van der Waals surface area contributed by atoms with Gasteiger partial charge >= 0.3 is 0 Å². The molecule has 0 bridgehead atoms. The van der Waals surface area contributed by atoms with Crippen LogP contribution in [-0.4, -0.2) is 56.5 Å². The summed E-state index contributed by atoms with van der Waals surface area (Å²) in [5.41, 5.74) is 1.69. The van der Waals surface area contributed by atoms with E-state index in [2.05, 4.69) is 34.8 Å². The largest absolute Gasteiger partial charge is 0.357 e. The molecule has 6 nitrogen and oxygen atoms in total. The standard InChI is InChI=1S/C19H33N5O/c1-6-15(3)23-19(20-7-2)22-14-16-9-8-10-17(13-16)18(25)21-11-12-24(4)5/h8-10,13,15H,6-7,11-12,14H2,1-5H3,(H,21,25)(H2,20,22,23). The number of amides is 1. The summed E-state index contributed by atoms with van der Waals surface area (Å²) < 4.78 is 0. The molecule has 0 heterocycles. The summed E-state index contributed by atoms with van der Waals surface area (Å²) in [6, 6.07) is 8.00. The van der Waals surface area contributed by atoms with Gasteiger partial charge in [-0.15, -0.1) is 0 Å². The van der Waals surface area contributed by atoms with Crippen LogP contribution < -0.4 is 16.0 Å². The Hall–Kier alpha value is -2.08. The van der Waals surface area contributed by atoms with E-state index in [0.717, 1.165) is 31.0 Å². The van der Waals surface area contributed by atoms with Crippen molar-refractivity contribution >= 4 is 11.9 Å². The second kappa shape index (κ2) is 11.5. The van der Waals surface area contributed by atoms with Crippen molar-refractivity contribution in [2.45, 2.75) is 39.8 Å². The second-order valence-corrected chi connectivity index (χ2v) is 6.41. The predicted molar refractivity (Wildman–Crippen MR) is 105 cm³/mol. The Morgan fingerprint density at radius 1 is 1.24 bits per heavy atom. The van der Waals surface area contributed by atoms with E-state index in [1.807, 2.05) is 50.2 Å². The number of hydrogen-bond donors (Lipinski definition) is 3. The molecule has 1 atom stereocenters. The molecule has 0 aromatic heterocycles. The van der Waals surface area contributed by atoms with Crippen molar-refractivity contribution < 1.29 is 4.79 Å². The lowest BCUT2D eigenvalue weighted by molar-refractivity contribution is 0.0951. The number of hydrogen-bond acceptors (Lipinski definition) is 3. The van der Waals surface area contributed by atoms with Crippen LogP contribution in [0.5, 0.6) is 0 Å². The van der Waals surface area contributed by atoms with Gasteiger partial charge in [0.2, 0.25) is 0 Å². The first-order valence-corrected chi connectivity index (χ1v) is 9.03. The average molecular weight is 348 g/mol. The topological polar surface area (TPSA) is 68.8 Å². The zero-order chi connectivity index (χ0) is 18.7. The highest BCUT2D eigenvalue weighted by molar-refractivity contribution is 5.94. The minimum Gasteiger partial charge on any atom is -0.357 e. The quantitative estimate of drug-likeness (QED) is 0.471. The fourth-order valence-electron chi connectivity index (χ4n) is 2.13. The summed E-state index contributed by atoms with van der Waals surface area (Å²) in [5, 5.41) is 9.55. The number of nitrogens with one attached hydrogen (secondary N) is 3. The van der Waals surface area contributed by atoms with Crippen LogP contribution in [0.4, 0.5) is 0 Å². The van der Waals surface area contributed by atoms with Crippen molar-refractivity contribution in [3.8, 4) is 0 Å². The third kappa shape index (κ3) is 8.54. The Morgan fingerprint density at radius 3 is 2.64 bits per heavy atom. The minimum atomic E-state index is -0.0442. The van der Waals surface area contributed by atoms with Crippen LogP contribution in [0.25, 0.3) is 0 Å². The van der Waals surface area contributed by atoms with Gasteiger partial charge in [0.25, 0.3) is 5.91 Å². The monoisotopic (exact) mass is 347 g/mol. The third-order valence-corrected chi connectivity index (χ3v) is 3.79. The van der Waals surface area contributed by atoms with Gasteiger partial charge in [0.1, 0.15) is 0 Å². The molecule has 140 valence electrons. The molecule has 0 spiro atoms. The summed E-state index contributed by atoms with van der Waals surface area (Å²) in [7, 11) is 3.97. The maximum Gasteiger partial charge on any atom is 0.251 e. The molecule has 0 aliphatic heterocycles. The van der Waals surface area contributed by atoms with Crippen molar-refractivity contribution in [3.63, 3.8) is 0 Å². The Morgan fingerprint density at radius 2 is 2.00 bits per heavy atom. The summed E-state index contributed by atoms with van der Waals surface area (Å²) in [5.74, 6) is 0.759. The first-order valence-electron chi connectivity index (χ1n) is 9.03. The number of aliphatic imine (C=N–C) groups is 1. The van der Waals surface area contributed by atoms with E-state index in [9.17, 15) is 4.79 Å². The molecule has 3 N–H and O–H groups in total. The van der Waals surface area contributed by atoms with E-state index in [-0.39, 0.29) is 5.91 Å². The zero-order valence-corrected chi connectivity index (χ0v) is 16.2. The van der Waals surface area contributed by atoms with E-state index >= 15 is 0 Å².